The largest absolute Gasteiger partial charge is 0.461 e. The van der Waals surface area contributed by atoms with Gasteiger partial charge in [0.05, 0.1) is 0 Å². The van der Waals surface area contributed by atoms with Crippen LogP contribution in [0.1, 0.15) is 84.5 Å². The van der Waals surface area contributed by atoms with Gasteiger partial charge in [-0.25, -0.2) is 0 Å². The predicted molar refractivity (Wildman–Crippen MR) is 82.2 cm³/mol. The van der Waals surface area contributed by atoms with Crippen LogP contribution < -0.4 is 0 Å². The van der Waals surface area contributed by atoms with Gasteiger partial charge in [0.25, 0.3) is 0 Å². The van der Waals surface area contributed by atoms with E-state index in [0.29, 0.717) is 13.0 Å². The van der Waals surface area contributed by atoms with Gasteiger partial charge in [0, 0.05) is 6.42 Å². The molecule has 0 aromatic heterocycles. The fraction of sp³-hybridized carbons (Fsp3) is 0.824. The molecule has 0 aliphatic heterocycles. The molecular formula is C17H32O2. The molecule has 0 saturated heterocycles. The van der Waals surface area contributed by atoms with Crippen molar-refractivity contribution in [3.63, 3.8) is 0 Å². The molecule has 0 radical (unpaired) electrons. The maximum atomic E-state index is 11.4. The highest BCUT2D eigenvalue weighted by molar-refractivity contribution is 5.69. The van der Waals surface area contributed by atoms with Crippen LogP contribution in [0.5, 0.6) is 0 Å². The normalized spacial score (nSPS) is 11.1. The number of ether oxygens (including phenoxy) is 1. The van der Waals surface area contributed by atoms with E-state index in [2.05, 4.69) is 19.9 Å². The van der Waals surface area contributed by atoms with Crippen LogP contribution in [-0.2, 0) is 9.53 Å². The molecule has 0 aliphatic rings. The fourth-order valence-corrected chi connectivity index (χ4v) is 1.96. The average Bonchev–Trinajstić information content (AvgIpc) is 2.41. The van der Waals surface area contributed by atoms with E-state index in [1.807, 2.05) is 6.08 Å². The quantitative estimate of drug-likeness (QED) is 0.253. The van der Waals surface area contributed by atoms with E-state index in [9.17, 15) is 4.79 Å². The van der Waals surface area contributed by atoms with Crippen LogP contribution in [0.4, 0.5) is 0 Å². The monoisotopic (exact) mass is 268 g/mol. The molecule has 112 valence electrons. The number of rotatable bonds is 13. The third-order valence-electron chi connectivity index (χ3n) is 3.22. The van der Waals surface area contributed by atoms with Crippen LogP contribution >= 0.6 is 0 Å². The van der Waals surface area contributed by atoms with Crippen LogP contribution in [-0.4, -0.2) is 12.6 Å². The van der Waals surface area contributed by atoms with Gasteiger partial charge in [-0.05, 0) is 19.3 Å². The Labute approximate surface area is 119 Å². The topological polar surface area (TPSA) is 26.3 Å². The van der Waals surface area contributed by atoms with Crippen molar-refractivity contribution in [3.05, 3.63) is 12.2 Å². The lowest BCUT2D eigenvalue weighted by Crippen LogP contribution is -2.03. The lowest BCUT2D eigenvalue weighted by atomic mass is 10.1. The van der Waals surface area contributed by atoms with Crippen LogP contribution in [0.3, 0.4) is 0 Å². The zero-order valence-corrected chi connectivity index (χ0v) is 13.0. The second-order valence-corrected chi connectivity index (χ2v) is 5.17. The number of esters is 1. The molecule has 0 rings (SSSR count). The lowest BCUT2D eigenvalue weighted by molar-refractivity contribution is -0.142. The third-order valence-corrected chi connectivity index (χ3v) is 3.22. The summed E-state index contributed by atoms with van der Waals surface area (Å²) in [4.78, 5) is 11.4. The molecule has 0 aromatic carbocycles. The van der Waals surface area contributed by atoms with Crippen molar-refractivity contribution in [2.24, 2.45) is 0 Å². The molecular weight excluding hydrogens is 236 g/mol. The summed E-state index contributed by atoms with van der Waals surface area (Å²) in [6.07, 6.45) is 16.8. The SMILES string of the molecule is CCCCCC/C=C\COC(=O)CCCCCCC. The van der Waals surface area contributed by atoms with Crippen LogP contribution in [0, 0.1) is 0 Å². The summed E-state index contributed by atoms with van der Waals surface area (Å²) in [5, 5.41) is 0. The number of carbonyl (C=O) groups excluding carboxylic acids is 1. The van der Waals surface area contributed by atoms with E-state index in [1.165, 1.54) is 44.9 Å². The van der Waals surface area contributed by atoms with Crippen molar-refractivity contribution < 1.29 is 9.53 Å². The van der Waals surface area contributed by atoms with Gasteiger partial charge in [0.15, 0.2) is 0 Å². The van der Waals surface area contributed by atoms with Crippen LogP contribution in [0.2, 0.25) is 0 Å². The molecule has 0 N–H and O–H groups in total. The minimum absolute atomic E-state index is 0.0490. The second-order valence-electron chi connectivity index (χ2n) is 5.17. The number of unbranched alkanes of at least 4 members (excludes halogenated alkanes) is 8. The van der Waals surface area contributed by atoms with Crippen molar-refractivity contribution in [3.8, 4) is 0 Å². The molecule has 0 heterocycles. The molecule has 0 unspecified atom stereocenters. The average molecular weight is 268 g/mol. The van der Waals surface area contributed by atoms with Crippen molar-refractivity contribution in [2.75, 3.05) is 6.61 Å². The number of hydrogen-bond donors (Lipinski definition) is 0. The fourth-order valence-electron chi connectivity index (χ4n) is 1.96. The lowest BCUT2D eigenvalue weighted by Gasteiger charge is -2.02. The summed E-state index contributed by atoms with van der Waals surface area (Å²) in [5.41, 5.74) is 0. The Kier molecular flexibility index (Phi) is 14.6. The van der Waals surface area contributed by atoms with Gasteiger partial charge >= 0.3 is 5.97 Å². The van der Waals surface area contributed by atoms with Crippen molar-refractivity contribution >= 4 is 5.97 Å². The zero-order valence-electron chi connectivity index (χ0n) is 13.0. The zero-order chi connectivity index (χ0) is 14.2. The van der Waals surface area contributed by atoms with Crippen molar-refractivity contribution in [1.82, 2.24) is 0 Å². The summed E-state index contributed by atoms with van der Waals surface area (Å²) >= 11 is 0. The number of carbonyl (C=O) groups is 1. The van der Waals surface area contributed by atoms with Gasteiger partial charge in [0.1, 0.15) is 6.61 Å². The van der Waals surface area contributed by atoms with Crippen LogP contribution in [0.15, 0.2) is 12.2 Å². The summed E-state index contributed by atoms with van der Waals surface area (Å²) in [6, 6.07) is 0. The predicted octanol–water partition coefficient (Wildman–Crippen LogP) is 5.42. The van der Waals surface area contributed by atoms with Crippen molar-refractivity contribution in [1.29, 1.82) is 0 Å². The molecule has 0 spiro atoms. The second kappa shape index (κ2) is 15.3. The van der Waals surface area contributed by atoms with Crippen LogP contribution in [0.25, 0.3) is 0 Å². The Morgan fingerprint density at radius 2 is 1.47 bits per heavy atom. The van der Waals surface area contributed by atoms with Crippen molar-refractivity contribution in [2.45, 2.75) is 84.5 Å². The first-order valence-electron chi connectivity index (χ1n) is 8.11. The van der Waals surface area contributed by atoms with Gasteiger partial charge in [-0.3, -0.25) is 4.79 Å². The first-order valence-corrected chi connectivity index (χ1v) is 8.11. The third kappa shape index (κ3) is 15.2. The Hall–Kier alpha value is -0.790. The highest BCUT2D eigenvalue weighted by atomic mass is 16.5. The van der Waals surface area contributed by atoms with E-state index < -0.39 is 0 Å². The first kappa shape index (κ1) is 18.2. The maximum absolute atomic E-state index is 11.4. The summed E-state index contributed by atoms with van der Waals surface area (Å²) in [6.45, 7) is 4.86. The van der Waals surface area contributed by atoms with E-state index in [0.717, 1.165) is 19.3 Å². The summed E-state index contributed by atoms with van der Waals surface area (Å²) in [5.74, 6) is -0.0490. The Morgan fingerprint density at radius 1 is 0.842 bits per heavy atom. The molecule has 0 saturated carbocycles. The number of hydrogen-bond acceptors (Lipinski definition) is 2. The molecule has 2 nitrogen and oxygen atoms in total. The molecule has 0 bridgehead atoms. The summed E-state index contributed by atoms with van der Waals surface area (Å²) in [7, 11) is 0. The van der Waals surface area contributed by atoms with Gasteiger partial charge < -0.3 is 4.74 Å². The highest BCUT2D eigenvalue weighted by Gasteiger charge is 2.00. The van der Waals surface area contributed by atoms with Gasteiger partial charge in [-0.15, -0.1) is 0 Å². The first-order chi connectivity index (χ1) is 9.31. The number of allylic oxidation sites excluding steroid dienone is 1. The van der Waals surface area contributed by atoms with Gasteiger partial charge in [-0.1, -0.05) is 70.9 Å². The minimum atomic E-state index is -0.0490. The van der Waals surface area contributed by atoms with E-state index >= 15 is 0 Å². The standard InChI is InChI=1S/C17H32O2/c1-3-5-7-9-10-12-14-16-19-17(18)15-13-11-8-6-4-2/h12,14H,3-11,13,15-16H2,1-2H3/b14-12-. The van der Waals surface area contributed by atoms with Gasteiger partial charge in [0.2, 0.25) is 0 Å². The molecule has 0 atom stereocenters. The Balaban J connectivity index is 3.25. The van der Waals surface area contributed by atoms with E-state index in [4.69, 9.17) is 4.74 Å². The molecule has 0 aliphatic carbocycles. The molecule has 0 aromatic rings. The molecule has 19 heavy (non-hydrogen) atoms. The smallest absolute Gasteiger partial charge is 0.306 e. The summed E-state index contributed by atoms with van der Waals surface area (Å²) < 4.78 is 5.15. The van der Waals surface area contributed by atoms with E-state index in [-0.39, 0.29) is 5.97 Å². The highest BCUT2D eigenvalue weighted by Crippen LogP contribution is 2.06. The Morgan fingerprint density at radius 3 is 2.16 bits per heavy atom. The maximum Gasteiger partial charge on any atom is 0.306 e. The van der Waals surface area contributed by atoms with Gasteiger partial charge in [-0.2, -0.15) is 0 Å². The molecule has 0 amide bonds. The van der Waals surface area contributed by atoms with E-state index in [1.54, 1.807) is 0 Å². The molecule has 2 heteroatoms. The Bertz CT molecular complexity index is 221. The molecule has 0 fully saturated rings. The minimum Gasteiger partial charge on any atom is -0.461 e.